The monoisotopic (exact) mass is 488 g/mol. The molecule has 0 aromatic heterocycles. The Morgan fingerprint density at radius 3 is 2.47 bits per heavy atom. The van der Waals surface area contributed by atoms with Gasteiger partial charge >= 0.3 is 0 Å². The Bertz CT molecular complexity index is 976. The zero-order chi connectivity index (χ0) is 21.7. The summed E-state index contributed by atoms with van der Waals surface area (Å²) < 4.78 is 12.5. The van der Waals surface area contributed by atoms with E-state index in [1.165, 1.54) is 0 Å². The van der Waals surface area contributed by atoms with E-state index in [9.17, 15) is 4.79 Å². The molecule has 1 aliphatic heterocycles. The quantitative estimate of drug-likeness (QED) is 0.500. The lowest BCUT2D eigenvalue weighted by Crippen LogP contribution is -2.44. The van der Waals surface area contributed by atoms with E-state index < -0.39 is 6.04 Å². The number of benzene rings is 2. The molecule has 1 atom stereocenters. The molecule has 1 aliphatic rings. The maximum absolute atomic E-state index is 12.8. The third-order valence-electron chi connectivity index (χ3n) is 4.65. The van der Waals surface area contributed by atoms with Gasteiger partial charge in [-0.05, 0) is 55.7 Å². The summed E-state index contributed by atoms with van der Waals surface area (Å²) in [6.07, 6.45) is 0.896. The van der Waals surface area contributed by atoms with Gasteiger partial charge in [0.1, 0.15) is 0 Å². The van der Waals surface area contributed by atoms with E-state index in [0.29, 0.717) is 41.1 Å². The SMILES string of the molecule is CCCOc1cc(Br)c([C@H]2NC(=S)NC(c3ccccc3)=C2C(C)=O)cc1OCC. The number of ketones is 1. The molecular formula is C23H25BrN2O3S. The zero-order valence-electron chi connectivity index (χ0n) is 17.3. The molecule has 0 unspecified atom stereocenters. The third kappa shape index (κ3) is 4.84. The van der Waals surface area contributed by atoms with Crippen molar-refractivity contribution in [3.05, 3.63) is 63.6 Å². The molecular weight excluding hydrogens is 464 g/mol. The van der Waals surface area contributed by atoms with Crippen molar-refractivity contribution >= 4 is 44.7 Å². The maximum Gasteiger partial charge on any atom is 0.171 e. The predicted octanol–water partition coefficient (Wildman–Crippen LogP) is 5.16. The van der Waals surface area contributed by atoms with Crippen LogP contribution in [0.15, 0.2) is 52.5 Å². The average Bonchev–Trinajstić information content (AvgIpc) is 2.73. The van der Waals surface area contributed by atoms with Crippen LogP contribution in [0.5, 0.6) is 11.5 Å². The standard InChI is InChI=1S/C23H25BrN2O3S/c1-4-11-29-19-13-17(24)16(12-18(19)28-5-2)22-20(14(3)27)21(25-23(30)26-22)15-9-7-6-8-10-15/h6-10,12-13,22H,4-5,11H2,1-3H3,(H2,25,26,30)/t22-/m1/s1. The molecule has 0 amide bonds. The van der Waals surface area contributed by atoms with Crippen molar-refractivity contribution in [2.45, 2.75) is 33.2 Å². The summed E-state index contributed by atoms with van der Waals surface area (Å²) in [7, 11) is 0. The Hall–Kier alpha value is -2.38. The van der Waals surface area contributed by atoms with E-state index in [-0.39, 0.29) is 5.78 Å². The van der Waals surface area contributed by atoms with Gasteiger partial charge in [0.05, 0.1) is 25.0 Å². The van der Waals surface area contributed by atoms with Crippen molar-refractivity contribution in [1.29, 1.82) is 0 Å². The van der Waals surface area contributed by atoms with E-state index in [2.05, 4.69) is 33.5 Å². The molecule has 0 aliphatic carbocycles. The molecule has 7 heteroatoms. The van der Waals surface area contributed by atoms with Crippen LogP contribution in [0.1, 0.15) is 44.4 Å². The number of nitrogens with one attached hydrogen (secondary N) is 2. The number of hydrogen-bond acceptors (Lipinski definition) is 4. The van der Waals surface area contributed by atoms with E-state index in [1.807, 2.05) is 49.4 Å². The minimum Gasteiger partial charge on any atom is -0.490 e. The van der Waals surface area contributed by atoms with Gasteiger partial charge in [-0.25, -0.2) is 0 Å². The molecule has 5 nitrogen and oxygen atoms in total. The summed E-state index contributed by atoms with van der Waals surface area (Å²) >= 11 is 9.13. The summed E-state index contributed by atoms with van der Waals surface area (Å²) in [6.45, 7) is 6.65. The van der Waals surface area contributed by atoms with E-state index in [4.69, 9.17) is 21.7 Å². The lowest BCUT2D eigenvalue weighted by Gasteiger charge is -2.32. The number of halogens is 1. The molecule has 0 bridgehead atoms. The van der Waals surface area contributed by atoms with Gasteiger partial charge in [0.25, 0.3) is 0 Å². The number of rotatable bonds is 8. The first-order valence-electron chi connectivity index (χ1n) is 9.93. The Morgan fingerprint density at radius 1 is 1.13 bits per heavy atom. The van der Waals surface area contributed by atoms with Crippen LogP contribution in [0.25, 0.3) is 5.70 Å². The van der Waals surface area contributed by atoms with Crippen molar-refractivity contribution in [3.8, 4) is 11.5 Å². The highest BCUT2D eigenvalue weighted by Gasteiger charge is 2.32. The van der Waals surface area contributed by atoms with Gasteiger partial charge in [-0.1, -0.05) is 53.2 Å². The Labute approximate surface area is 191 Å². The van der Waals surface area contributed by atoms with Crippen LogP contribution in [0, 0.1) is 0 Å². The lowest BCUT2D eigenvalue weighted by atomic mass is 9.90. The smallest absolute Gasteiger partial charge is 0.171 e. The van der Waals surface area contributed by atoms with Crippen LogP contribution in [-0.2, 0) is 4.79 Å². The normalized spacial score (nSPS) is 16.0. The topological polar surface area (TPSA) is 59.6 Å². The molecule has 0 radical (unpaired) electrons. The number of carbonyl (C=O) groups is 1. The lowest BCUT2D eigenvalue weighted by molar-refractivity contribution is -0.113. The highest BCUT2D eigenvalue weighted by Crippen LogP contribution is 2.41. The number of ether oxygens (including phenoxy) is 2. The van der Waals surface area contributed by atoms with Crippen molar-refractivity contribution in [2.24, 2.45) is 0 Å². The van der Waals surface area contributed by atoms with E-state index >= 15 is 0 Å². The Kier molecular flexibility index (Phi) is 7.50. The Morgan fingerprint density at radius 2 is 1.83 bits per heavy atom. The minimum absolute atomic E-state index is 0.0440. The molecule has 2 N–H and O–H groups in total. The van der Waals surface area contributed by atoms with Crippen LogP contribution in [-0.4, -0.2) is 24.1 Å². The van der Waals surface area contributed by atoms with Crippen LogP contribution in [0.2, 0.25) is 0 Å². The first-order chi connectivity index (χ1) is 14.5. The van der Waals surface area contributed by atoms with Crippen molar-refractivity contribution in [3.63, 3.8) is 0 Å². The van der Waals surface area contributed by atoms with E-state index in [1.54, 1.807) is 6.92 Å². The molecule has 3 rings (SSSR count). The summed E-state index contributed by atoms with van der Waals surface area (Å²) in [5.41, 5.74) is 3.08. The molecule has 2 aromatic rings. The fourth-order valence-corrected chi connectivity index (χ4v) is 4.15. The zero-order valence-corrected chi connectivity index (χ0v) is 19.7. The highest BCUT2D eigenvalue weighted by atomic mass is 79.9. The van der Waals surface area contributed by atoms with Crippen molar-refractivity contribution < 1.29 is 14.3 Å². The van der Waals surface area contributed by atoms with Crippen LogP contribution < -0.4 is 20.1 Å². The second-order valence-corrected chi connectivity index (χ2v) is 8.11. The van der Waals surface area contributed by atoms with Crippen molar-refractivity contribution in [1.82, 2.24) is 10.6 Å². The molecule has 2 aromatic carbocycles. The van der Waals surface area contributed by atoms with Gasteiger partial charge < -0.3 is 20.1 Å². The fraction of sp³-hybridized carbons (Fsp3) is 0.304. The first kappa shape index (κ1) is 22.3. The van der Waals surface area contributed by atoms with Gasteiger partial charge in [-0.3, -0.25) is 4.79 Å². The van der Waals surface area contributed by atoms with Crippen LogP contribution in [0.3, 0.4) is 0 Å². The first-order valence-corrected chi connectivity index (χ1v) is 11.1. The summed E-state index contributed by atoms with van der Waals surface area (Å²) in [5.74, 6) is 1.26. The predicted molar refractivity (Wildman–Crippen MR) is 127 cm³/mol. The number of carbonyl (C=O) groups excluding carboxylic acids is 1. The number of thiocarbonyl (C=S) groups is 1. The second-order valence-electron chi connectivity index (χ2n) is 6.84. The van der Waals surface area contributed by atoms with Crippen LogP contribution >= 0.6 is 28.1 Å². The molecule has 0 saturated heterocycles. The fourth-order valence-electron chi connectivity index (χ4n) is 3.37. The summed E-state index contributed by atoms with van der Waals surface area (Å²) in [4.78, 5) is 12.8. The summed E-state index contributed by atoms with van der Waals surface area (Å²) in [5, 5.41) is 6.88. The van der Waals surface area contributed by atoms with Crippen LogP contribution in [0.4, 0.5) is 0 Å². The molecule has 1 heterocycles. The number of Topliss-reactive ketones (excluding diaryl/α,β-unsaturated/α-hetero) is 1. The Balaban J connectivity index is 2.15. The third-order valence-corrected chi connectivity index (χ3v) is 5.56. The van der Waals surface area contributed by atoms with Gasteiger partial charge in [-0.2, -0.15) is 0 Å². The summed E-state index contributed by atoms with van der Waals surface area (Å²) in [6, 6.07) is 13.1. The molecule has 0 fully saturated rings. The average molecular weight is 489 g/mol. The molecule has 158 valence electrons. The second kappa shape index (κ2) is 10.1. The molecule has 0 saturated carbocycles. The molecule has 0 spiro atoms. The van der Waals surface area contributed by atoms with Gasteiger partial charge in [0.2, 0.25) is 0 Å². The maximum atomic E-state index is 12.8. The van der Waals surface area contributed by atoms with Gasteiger partial charge in [0, 0.05) is 10.0 Å². The largest absolute Gasteiger partial charge is 0.490 e. The number of hydrogen-bond donors (Lipinski definition) is 2. The van der Waals surface area contributed by atoms with Crippen molar-refractivity contribution in [2.75, 3.05) is 13.2 Å². The minimum atomic E-state index is -0.430. The van der Waals surface area contributed by atoms with Gasteiger partial charge in [0.15, 0.2) is 22.4 Å². The highest BCUT2D eigenvalue weighted by molar-refractivity contribution is 9.10. The van der Waals surface area contributed by atoms with Gasteiger partial charge in [-0.15, -0.1) is 0 Å². The molecule has 30 heavy (non-hydrogen) atoms. The van der Waals surface area contributed by atoms with E-state index in [0.717, 1.165) is 22.0 Å².